The van der Waals surface area contributed by atoms with E-state index in [1.807, 2.05) is 0 Å². The van der Waals surface area contributed by atoms with Crippen molar-refractivity contribution >= 4 is 23.2 Å². The summed E-state index contributed by atoms with van der Waals surface area (Å²) in [7, 11) is 0. The van der Waals surface area contributed by atoms with Gasteiger partial charge in [0.15, 0.2) is 0 Å². The summed E-state index contributed by atoms with van der Waals surface area (Å²) in [6, 6.07) is 4.49. The van der Waals surface area contributed by atoms with Gasteiger partial charge in [-0.25, -0.2) is 0 Å². The normalized spacial score (nSPS) is 18.4. The predicted octanol–water partition coefficient (Wildman–Crippen LogP) is 1.62. The van der Waals surface area contributed by atoms with E-state index in [1.54, 1.807) is 0 Å². The maximum atomic E-state index is 11.0. The molecule has 1 aliphatic rings. The van der Waals surface area contributed by atoms with Gasteiger partial charge in [0.05, 0.1) is 4.92 Å². The molecule has 1 unspecified atom stereocenters. The molecule has 0 aromatic heterocycles. The van der Waals surface area contributed by atoms with Crippen LogP contribution in [0.1, 0.15) is 18.4 Å². The molecule has 0 radical (unpaired) electrons. The standard InChI is InChI=1S/C12H14ClN3O3/c13-11-3-2-10(16(18)19)5-8(11)6-14-7-9-1-4-12(17)15-9/h2-3,5,9,14H,1,4,6-7H2,(H,15,17). The number of carbonyl (C=O) groups is 1. The van der Waals surface area contributed by atoms with Crippen molar-refractivity contribution in [3.8, 4) is 0 Å². The van der Waals surface area contributed by atoms with Crippen molar-refractivity contribution in [2.24, 2.45) is 0 Å². The second-order valence-corrected chi connectivity index (χ2v) is 4.87. The van der Waals surface area contributed by atoms with Gasteiger partial charge < -0.3 is 10.6 Å². The number of rotatable bonds is 5. The Bertz CT molecular complexity index is 507. The van der Waals surface area contributed by atoms with Gasteiger partial charge in [-0.2, -0.15) is 0 Å². The van der Waals surface area contributed by atoms with Crippen molar-refractivity contribution in [1.29, 1.82) is 0 Å². The van der Waals surface area contributed by atoms with Gasteiger partial charge in [0.1, 0.15) is 0 Å². The number of halogens is 1. The molecule has 1 atom stereocenters. The molecule has 1 aliphatic heterocycles. The highest BCUT2D eigenvalue weighted by atomic mass is 35.5. The molecular weight excluding hydrogens is 270 g/mol. The van der Waals surface area contributed by atoms with E-state index in [2.05, 4.69) is 10.6 Å². The Kier molecular flexibility index (Phi) is 4.34. The molecule has 2 N–H and O–H groups in total. The van der Waals surface area contributed by atoms with Crippen LogP contribution < -0.4 is 10.6 Å². The van der Waals surface area contributed by atoms with Gasteiger partial charge in [0.25, 0.3) is 5.69 Å². The molecule has 19 heavy (non-hydrogen) atoms. The first-order chi connectivity index (χ1) is 9.06. The van der Waals surface area contributed by atoms with Gasteiger partial charge in [-0.3, -0.25) is 14.9 Å². The van der Waals surface area contributed by atoms with Crippen molar-refractivity contribution in [2.45, 2.75) is 25.4 Å². The molecule has 6 nitrogen and oxygen atoms in total. The lowest BCUT2D eigenvalue weighted by Gasteiger charge is -2.11. The molecule has 0 aliphatic carbocycles. The number of hydrogen-bond donors (Lipinski definition) is 2. The van der Waals surface area contributed by atoms with E-state index in [0.717, 1.165) is 6.42 Å². The molecule has 1 saturated heterocycles. The van der Waals surface area contributed by atoms with Crippen LogP contribution in [0.15, 0.2) is 18.2 Å². The van der Waals surface area contributed by atoms with Gasteiger partial charge in [-0.15, -0.1) is 0 Å². The number of amides is 1. The van der Waals surface area contributed by atoms with E-state index < -0.39 is 4.92 Å². The molecule has 1 aromatic rings. The number of nitrogens with one attached hydrogen (secondary N) is 2. The predicted molar refractivity (Wildman–Crippen MR) is 71.0 cm³/mol. The Morgan fingerprint density at radius 2 is 2.32 bits per heavy atom. The Morgan fingerprint density at radius 1 is 1.53 bits per heavy atom. The Balaban J connectivity index is 1.90. The third-order valence-corrected chi connectivity index (χ3v) is 3.40. The second kappa shape index (κ2) is 5.99. The summed E-state index contributed by atoms with van der Waals surface area (Å²) in [6.07, 6.45) is 1.37. The molecule has 1 fully saturated rings. The minimum atomic E-state index is -0.447. The summed E-state index contributed by atoms with van der Waals surface area (Å²) in [5.74, 6) is 0.0696. The van der Waals surface area contributed by atoms with Crippen molar-refractivity contribution in [3.05, 3.63) is 38.9 Å². The summed E-state index contributed by atoms with van der Waals surface area (Å²) in [4.78, 5) is 21.3. The van der Waals surface area contributed by atoms with Crippen LogP contribution in [0.5, 0.6) is 0 Å². The summed E-state index contributed by atoms with van der Waals surface area (Å²) in [5.41, 5.74) is 0.704. The number of nitro groups is 1. The summed E-state index contributed by atoms with van der Waals surface area (Å²) >= 11 is 5.99. The Labute approximate surface area is 115 Å². The zero-order valence-electron chi connectivity index (χ0n) is 10.2. The minimum absolute atomic E-state index is 0.0235. The average molecular weight is 284 g/mol. The Hall–Kier alpha value is -1.66. The lowest BCUT2D eigenvalue weighted by Crippen LogP contribution is -2.35. The van der Waals surface area contributed by atoms with E-state index in [0.29, 0.717) is 30.1 Å². The zero-order valence-corrected chi connectivity index (χ0v) is 10.9. The number of nitrogens with zero attached hydrogens (tertiary/aromatic N) is 1. The zero-order chi connectivity index (χ0) is 13.8. The first-order valence-electron chi connectivity index (χ1n) is 5.99. The van der Waals surface area contributed by atoms with Crippen molar-refractivity contribution in [2.75, 3.05) is 6.54 Å². The van der Waals surface area contributed by atoms with E-state index in [-0.39, 0.29) is 17.6 Å². The largest absolute Gasteiger partial charge is 0.352 e. The fourth-order valence-electron chi connectivity index (χ4n) is 2.02. The SMILES string of the molecule is O=C1CCC(CNCc2cc([N+](=O)[O-])ccc2Cl)N1. The first-order valence-corrected chi connectivity index (χ1v) is 6.37. The third kappa shape index (κ3) is 3.65. The average Bonchev–Trinajstić information content (AvgIpc) is 2.77. The molecule has 2 rings (SSSR count). The molecule has 0 spiro atoms. The summed E-state index contributed by atoms with van der Waals surface area (Å²) in [6.45, 7) is 1.07. The first kappa shape index (κ1) is 13.8. The van der Waals surface area contributed by atoms with Crippen LogP contribution in [-0.2, 0) is 11.3 Å². The number of benzene rings is 1. The molecule has 1 aromatic carbocycles. The fourth-order valence-corrected chi connectivity index (χ4v) is 2.21. The highest BCUT2D eigenvalue weighted by Crippen LogP contribution is 2.21. The number of carbonyl (C=O) groups excluding carboxylic acids is 1. The molecule has 7 heteroatoms. The second-order valence-electron chi connectivity index (χ2n) is 4.47. The molecule has 102 valence electrons. The third-order valence-electron chi connectivity index (χ3n) is 3.03. The van der Waals surface area contributed by atoms with Crippen LogP contribution in [0.3, 0.4) is 0 Å². The fraction of sp³-hybridized carbons (Fsp3) is 0.417. The lowest BCUT2D eigenvalue weighted by atomic mass is 10.2. The lowest BCUT2D eigenvalue weighted by molar-refractivity contribution is -0.384. The highest BCUT2D eigenvalue weighted by Gasteiger charge is 2.20. The molecule has 1 amide bonds. The summed E-state index contributed by atoms with van der Waals surface area (Å²) < 4.78 is 0. The van der Waals surface area contributed by atoms with Gasteiger partial charge in [0, 0.05) is 42.7 Å². The molecule has 0 saturated carbocycles. The maximum absolute atomic E-state index is 11.0. The van der Waals surface area contributed by atoms with Gasteiger partial charge >= 0.3 is 0 Å². The smallest absolute Gasteiger partial charge is 0.269 e. The van der Waals surface area contributed by atoms with Crippen molar-refractivity contribution < 1.29 is 9.72 Å². The quantitative estimate of drug-likeness (QED) is 0.635. The van der Waals surface area contributed by atoms with Crippen LogP contribution in [0.4, 0.5) is 5.69 Å². The minimum Gasteiger partial charge on any atom is -0.352 e. The van der Waals surface area contributed by atoms with Gasteiger partial charge in [-0.05, 0) is 18.1 Å². The summed E-state index contributed by atoms with van der Waals surface area (Å²) in [5, 5.41) is 17.2. The topological polar surface area (TPSA) is 84.3 Å². The maximum Gasteiger partial charge on any atom is 0.269 e. The van der Waals surface area contributed by atoms with Crippen molar-refractivity contribution in [3.63, 3.8) is 0 Å². The number of hydrogen-bond acceptors (Lipinski definition) is 4. The van der Waals surface area contributed by atoms with Crippen LogP contribution in [-0.4, -0.2) is 23.4 Å². The van der Waals surface area contributed by atoms with Crippen LogP contribution >= 0.6 is 11.6 Å². The van der Waals surface area contributed by atoms with E-state index >= 15 is 0 Å². The highest BCUT2D eigenvalue weighted by molar-refractivity contribution is 6.31. The van der Waals surface area contributed by atoms with Crippen LogP contribution in [0.2, 0.25) is 5.02 Å². The molecular formula is C12H14ClN3O3. The number of non-ortho nitro benzene ring substituents is 1. The van der Waals surface area contributed by atoms with E-state index in [9.17, 15) is 14.9 Å². The van der Waals surface area contributed by atoms with Crippen LogP contribution in [0, 0.1) is 10.1 Å². The van der Waals surface area contributed by atoms with Gasteiger partial charge in [-0.1, -0.05) is 11.6 Å². The molecule has 0 bridgehead atoms. The van der Waals surface area contributed by atoms with Crippen LogP contribution in [0.25, 0.3) is 0 Å². The van der Waals surface area contributed by atoms with Gasteiger partial charge in [0.2, 0.25) is 5.91 Å². The molecule has 1 heterocycles. The monoisotopic (exact) mass is 283 g/mol. The number of nitro benzene ring substituents is 1. The van der Waals surface area contributed by atoms with Crippen molar-refractivity contribution in [1.82, 2.24) is 10.6 Å². The van der Waals surface area contributed by atoms with E-state index in [4.69, 9.17) is 11.6 Å². The Morgan fingerprint density at radius 3 is 2.95 bits per heavy atom. The van der Waals surface area contributed by atoms with E-state index in [1.165, 1.54) is 18.2 Å².